The number of benzene rings is 2. The van der Waals surface area contributed by atoms with Gasteiger partial charge in [0.05, 0.1) is 16.6 Å². The van der Waals surface area contributed by atoms with Crippen LogP contribution >= 0.6 is 27.5 Å². The zero-order chi connectivity index (χ0) is 21.2. The summed E-state index contributed by atoms with van der Waals surface area (Å²) in [5, 5.41) is 3.82. The summed E-state index contributed by atoms with van der Waals surface area (Å²) in [5.74, 6) is 0.863. The van der Waals surface area contributed by atoms with Crippen LogP contribution in [-0.2, 0) is 13.2 Å². The Morgan fingerprint density at radius 2 is 1.93 bits per heavy atom. The van der Waals surface area contributed by atoms with Gasteiger partial charge in [0.2, 0.25) is 0 Å². The van der Waals surface area contributed by atoms with Crippen LogP contribution in [0, 0.1) is 5.82 Å². The molecule has 0 bridgehead atoms. The van der Waals surface area contributed by atoms with Crippen molar-refractivity contribution < 1.29 is 13.9 Å². The lowest BCUT2D eigenvalue weighted by Crippen LogP contribution is -2.27. The van der Waals surface area contributed by atoms with Gasteiger partial charge in [-0.1, -0.05) is 31.5 Å². The zero-order valence-electron chi connectivity index (χ0n) is 17.2. The van der Waals surface area contributed by atoms with Crippen LogP contribution in [0.15, 0.2) is 34.8 Å². The van der Waals surface area contributed by atoms with E-state index in [0.29, 0.717) is 22.1 Å². The highest BCUT2D eigenvalue weighted by atomic mass is 79.9. The smallest absolute Gasteiger partial charge is 0.175 e. The third-order valence-electron chi connectivity index (χ3n) is 4.73. The molecular formula is C22H29BrClFN2O2. The third-order valence-corrected chi connectivity index (χ3v) is 5.67. The van der Waals surface area contributed by atoms with E-state index in [1.165, 1.54) is 12.1 Å². The Labute approximate surface area is 186 Å². The van der Waals surface area contributed by atoms with E-state index in [0.717, 1.165) is 49.2 Å². The quantitative estimate of drug-likeness (QED) is 0.392. The second-order valence-electron chi connectivity index (χ2n) is 6.69. The van der Waals surface area contributed by atoms with Crippen molar-refractivity contribution in [2.24, 2.45) is 0 Å². The maximum absolute atomic E-state index is 13.2. The standard InChI is InChI=1S/C22H29BrClFN2O2/c1-4-27(5-2)10-6-9-26-14-16-11-19(23)22(21(12-16)28-3)29-15-17-7-8-18(25)13-20(17)24/h7-8,11-13,26H,4-6,9-10,14-15H2,1-3H3. The lowest BCUT2D eigenvalue weighted by molar-refractivity contribution is 0.282. The number of hydrogen-bond acceptors (Lipinski definition) is 4. The van der Waals surface area contributed by atoms with E-state index in [-0.39, 0.29) is 12.4 Å². The van der Waals surface area contributed by atoms with Gasteiger partial charge in [-0.15, -0.1) is 0 Å². The van der Waals surface area contributed by atoms with E-state index in [2.05, 4.69) is 40.0 Å². The van der Waals surface area contributed by atoms with Crippen LogP contribution in [0.1, 0.15) is 31.4 Å². The summed E-state index contributed by atoms with van der Waals surface area (Å²) in [5.41, 5.74) is 1.81. The number of ether oxygens (including phenoxy) is 2. The molecule has 2 aromatic carbocycles. The summed E-state index contributed by atoms with van der Waals surface area (Å²) >= 11 is 9.65. The van der Waals surface area contributed by atoms with Gasteiger partial charge in [-0.05, 0) is 78.4 Å². The highest BCUT2D eigenvalue weighted by molar-refractivity contribution is 9.10. The van der Waals surface area contributed by atoms with Crippen LogP contribution in [0.5, 0.6) is 11.5 Å². The number of halogens is 3. The first-order chi connectivity index (χ1) is 14.0. The second-order valence-corrected chi connectivity index (χ2v) is 7.95. The monoisotopic (exact) mass is 486 g/mol. The van der Waals surface area contributed by atoms with Crippen molar-refractivity contribution in [3.8, 4) is 11.5 Å². The topological polar surface area (TPSA) is 33.7 Å². The summed E-state index contributed by atoms with van der Waals surface area (Å²) in [7, 11) is 1.61. The number of methoxy groups -OCH3 is 1. The molecule has 1 N–H and O–H groups in total. The molecule has 0 aliphatic rings. The molecule has 0 atom stereocenters. The Morgan fingerprint density at radius 3 is 2.59 bits per heavy atom. The minimum atomic E-state index is -0.369. The van der Waals surface area contributed by atoms with Crippen LogP contribution in [0.4, 0.5) is 4.39 Å². The minimum Gasteiger partial charge on any atom is -0.493 e. The Balaban J connectivity index is 1.94. The number of hydrogen-bond donors (Lipinski definition) is 1. The van der Waals surface area contributed by atoms with Crippen LogP contribution in [-0.4, -0.2) is 38.2 Å². The van der Waals surface area contributed by atoms with Crippen molar-refractivity contribution in [2.45, 2.75) is 33.4 Å². The van der Waals surface area contributed by atoms with E-state index in [9.17, 15) is 4.39 Å². The molecule has 7 heteroatoms. The first-order valence-electron chi connectivity index (χ1n) is 9.84. The minimum absolute atomic E-state index is 0.219. The Bertz CT molecular complexity index is 788. The van der Waals surface area contributed by atoms with Gasteiger partial charge in [-0.2, -0.15) is 0 Å². The molecule has 29 heavy (non-hydrogen) atoms. The number of nitrogens with one attached hydrogen (secondary N) is 1. The van der Waals surface area contributed by atoms with E-state index >= 15 is 0 Å². The molecule has 2 aromatic rings. The van der Waals surface area contributed by atoms with Crippen LogP contribution < -0.4 is 14.8 Å². The highest BCUT2D eigenvalue weighted by Crippen LogP contribution is 2.37. The molecule has 0 aliphatic heterocycles. The molecule has 0 fully saturated rings. The first kappa shape index (κ1) is 23.9. The fourth-order valence-electron chi connectivity index (χ4n) is 3.00. The predicted octanol–water partition coefficient (Wildman–Crippen LogP) is 5.65. The summed E-state index contributed by atoms with van der Waals surface area (Å²) in [4.78, 5) is 2.42. The lowest BCUT2D eigenvalue weighted by atomic mass is 10.2. The first-order valence-corrected chi connectivity index (χ1v) is 11.0. The van der Waals surface area contributed by atoms with Crippen LogP contribution in [0.2, 0.25) is 5.02 Å². The fraction of sp³-hybridized carbons (Fsp3) is 0.455. The van der Waals surface area contributed by atoms with E-state index in [4.69, 9.17) is 21.1 Å². The molecule has 160 valence electrons. The molecule has 0 saturated carbocycles. The van der Waals surface area contributed by atoms with Crippen molar-refractivity contribution in [1.29, 1.82) is 0 Å². The normalized spacial score (nSPS) is 11.1. The zero-order valence-corrected chi connectivity index (χ0v) is 19.6. The molecule has 0 unspecified atom stereocenters. The van der Waals surface area contributed by atoms with E-state index in [1.807, 2.05) is 12.1 Å². The van der Waals surface area contributed by atoms with Gasteiger partial charge in [0, 0.05) is 12.1 Å². The van der Waals surface area contributed by atoms with Gasteiger partial charge in [-0.3, -0.25) is 0 Å². The average Bonchev–Trinajstić information content (AvgIpc) is 2.70. The second kappa shape index (κ2) is 12.4. The molecule has 0 aromatic heterocycles. The Kier molecular flexibility index (Phi) is 10.2. The number of nitrogens with zero attached hydrogens (tertiary/aromatic N) is 1. The predicted molar refractivity (Wildman–Crippen MR) is 121 cm³/mol. The van der Waals surface area contributed by atoms with E-state index in [1.54, 1.807) is 13.2 Å². The van der Waals surface area contributed by atoms with Gasteiger partial charge in [-0.25, -0.2) is 4.39 Å². The van der Waals surface area contributed by atoms with Gasteiger partial charge < -0.3 is 19.7 Å². The van der Waals surface area contributed by atoms with Crippen molar-refractivity contribution in [1.82, 2.24) is 10.2 Å². The molecule has 2 rings (SSSR count). The Morgan fingerprint density at radius 1 is 1.17 bits per heavy atom. The van der Waals surface area contributed by atoms with Crippen molar-refractivity contribution in [3.63, 3.8) is 0 Å². The summed E-state index contributed by atoms with van der Waals surface area (Å²) in [6, 6.07) is 8.24. The molecule has 0 saturated heterocycles. The molecular weight excluding hydrogens is 459 g/mol. The van der Waals surface area contributed by atoms with Gasteiger partial charge in [0.15, 0.2) is 11.5 Å². The molecule has 0 spiro atoms. The lowest BCUT2D eigenvalue weighted by Gasteiger charge is -2.18. The largest absolute Gasteiger partial charge is 0.493 e. The van der Waals surface area contributed by atoms with Gasteiger partial charge >= 0.3 is 0 Å². The summed E-state index contributed by atoms with van der Waals surface area (Å²) in [6.45, 7) is 9.58. The Hall–Kier alpha value is -1.34. The average molecular weight is 488 g/mol. The van der Waals surface area contributed by atoms with Crippen LogP contribution in [0.3, 0.4) is 0 Å². The third kappa shape index (κ3) is 7.45. The molecule has 0 radical (unpaired) electrons. The van der Waals surface area contributed by atoms with E-state index < -0.39 is 0 Å². The van der Waals surface area contributed by atoms with Crippen LogP contribution in [0.25, 0.3) is 0 Å². The van der Waals surface area contributed by atoms with Gasteiger partial charge in [0.1, 0.15) is 12.4 Å². The maximum Gasteiger partial charge on any atom is 0.175 e. The van der Waals surface area contributed by atoms with Crippen molar-refractivity contribution in [2.75, 3.05) is 33.3 Å². The molecule has 0 heterocycles. The summed E-state index contributed by atoms with van der Waals surface area (Å²) in [6.07, 6.45) is 1.11. The summed E-state index contributed by atoms with van der Waals surface area (Å²) < 4.78 is 25.4. The SMILES string of the molecule is CCN(CC)CCCNCc1cc(Br)c(OCc2ccc(F)cc2Cl)c(OC)c1. The molecule has 0 amide bonds. The highest BCUT2D eigenvalue weighted by Gasteiger charge is 2.13. The van der Waals surface area contributed by atoms with Crippen molar-refractivity contribution >= 4 is 27.5 Å². The number of rotatable bonds is 12. The van der Waals surface area contributed by atoms with Gasteiger partial charge in [0.25, 0.3) is 0 Å². The van der Waals surface area contributed by atoms with Crippen molar-refractivity contribution in [3.05, 3.63) is 56.8 Å². The maximum atomic E-state index is 13.2. The fourth-order valence-corrected chi connectivity index (χ4v) is 3.83. The molecule has 4 nitrogen and oxygen atoms in total. The molecule has 0 aliphatic carbocycles.